The Morgan fingerprint density at radius 3 is 2.32 bits per heavy atom. The minimum Gasteiger partial charge on any atom is -0.370 e. The fraction of sp³-hybridized carbons (Fsp3) is 0.138. The van der Waals surface area contributed by atoms with Crippen molar-refractivity contribution in [3.63, 3.8) is 0 Å². The van der Waals surface area contributed by atoms with Crippen LogP contribution >= 0.6 is 0 Å². The van der Waals surface area contributed by atoms with Gasteiger partial charge >= 0.3 is 0 Å². The third-order valence-electron chi connectivity index (χ3n) is 6.60. The normalized spacial score (nSPS) is 12.1. The van der Waals surface area contributed by atoms with Crippen LogP contribution in [0.15, 0.2) is 89.8 Å². The topological polar surface area (TPSA) is 216 Å². The zero-order valence-electron chi connectivity index (χ0n) is 23.4. The molecule has 6 rings (SSSR count). The maximum atomic E-state index is 12.3. The molecular weight excluding hydrogens is 560 g/mol. The van der Waals surface area contributed by atoms with Crippen molar-refractivity contribution in [1.82, 2.24) is 44.8 Å². The molecule has 0 saturated carbocycles. The number of benzene rings is 2. The monoisotopic (exact) mass is 588 g/mol. The van der Waals surface area contributed by atoms with Crippen LogP contribution in [0.25, 0.3) is 21.8 Å². The molecular formula is C29H28N14O. The molecule has 15 nitrogen and oxygen atoms in total. The summed E-state index contributed by atoms with van der Waals surface area (Å²) in [7, 11) is 0. The fourth-order valence-corrected chi connectivity index (χ4v) is 4.55. The molecule has 0 fully saturated rings. The number of rotatable bonds is 9. The molecule has 7 N–H and O–H groups in total. The Labute approximate surface area is 250 Å². The average molecular weight is 589 g/mol. The summed E-state index contributed by atoms with van der Waals surface area (Å²) in [6, 6.07) is 15.4. The predicted octanol–water partition coefficient (Wildman–Crippen LogP) is 2.08. The predicted molar refractivity (Wildman–Crippen MR) is 166 cm³/mol. The number of H-pyrrole nitrogens is 1. The average Bonchev–Trinajstić information content (AvgIpc) is 3.75. The van der Waals surface area contributed by atoms with Gasteiger partial charge < -0.3 is 21.0 Å². The van der Waals surface area contributed by atoms with Gasteiger partial charge in [-0.1, -0.05) is 36.4 Å². The number of hydrogen-bond donors (Lipinski definition) is 5. The molecule has 6 aromatic rings. The van der Waals surface area contributed by atoms with Gasteiger partial charge in [-0.25, -0.2) is 29.9 Å². The van der Waals surface area contributed by atoms with Crippen LogP contribution in [-0.2, 0) is 19.4 Å². The Bertz CT molecular complexity index is 1970. The molecule has 4 aromatic heterocycles. The summed E-state index contributed by atoms with van der Waals surface area (Å²) in [6.07, 6.45) is 9.13. The van der Waals surface area contributed by atoms with E-state index < -0.39 is 5.91 Å². The van der Waals surface area contributed by atoms with E-state index in [0.717, 1.165) is 27.7 Å². The Morgan fingerprint density at radius 1 is 0.886 bits per heavy atom. The Balaban J connectivity index is 1.23. The fourth-order valence-electron chi connectivity index (χ4n) is 4.55. The second-order valence-electron chi connectivity index (χ2n) is 9.61. The summed E-state index contributed by atoms with van der Waals surface area (Å²) in [5.74, 6) is 0.0612. The molecule has 0 unspecified atom stereocenters. The number of fused-ring (bicyclic) bond motifs is 2. The van der Waals surface area contributed by atoms with E-state index in [1.165, 1.54) is 12.5 Å². The molecule has 0 saturated heterocycles. The number of amides is 1. The van der Waals surface area contributed by atoms with Crippen LogP contribution in [-0.4, -0.2) is 63.8 Å². The summed E-state index contributed by atoms with van der Waals surface area (Å²) in [5, 5.41) is 7.31. The van der Waals surface area contributed by atoms with Gasteiger partial charge in [0.15, 0.2) is 5.96 Å². The minimum atomic E-state index is -0.478. The van der Waals surface area contributed by atoms with Crippen molar-refractivity contribution in [2.45, 2.75) is 19.4 Å². The summed E-state index contributed by atoms with van der Waals surface area (Å²) in [6.45, 7) is 1.12. The highest BCUT2D eigenvalue weighted by atomic mass is 16.2. The van der Waals surface area contributed by atoms with Crippen LogP contribution in [0.1, 0.15) is 21.9 Å². The Morgan fingerprint density at radius 2 is 1.61 bits per heavy atom. The Hall–Kier alpha value is -6.25. The van der Waals surface area contributed by atoms with E-state index in [4.69, 9.17) is 16.5 Å². The quantitative estimate of drug-likeness (QED) is 0.122. The highest BCUT2D eigenvalue weighted by molar-refractivity contribution is 6.04. The number of para-hydroxylation sites is 2. The van der Waals surface area contributed by atoms with E-state index in [2.05, 4.69) is 50.5 Å². The van der Waals surface area contributed by atoms with Crippen molar-refractivity contribution in [2.75, 3.05) is 11.9 Å². The molecule has 0 bridgehead atoms. The molecule has 44 heavy (non-hydrogen) atoms. The van der Waals surface area contributed by atoms with E-state index in [1.807, 2.05) is 59.3 Å². The molecule has 15 heteroatoms. The lowest BCUT2D eigenvalue weighted by Crippen LogP contribution is -2.36. The van der Waals surface area contributed by atoms with E-state index in [1.54, 1.807) is 12.5 Å². The molecule has 0 aliphatic carbocycles. The third-order valence-corrected chi connectivity index (χ3v) is 6.60. The van der Waals surface area contributed by atoms with Crippen LogP contribution in [0.3, 0.4) is 0 Å². The van der Waals surface area contributed by atoms with Crippen LogP contribution < -0.4 is 22.1 Å². The number of imidazole rings is 2. The molecule has 1 amide bonds. The van der Waals surface area contributed by atoms with Gasteiger partial charge in [0.05, 0.1) is 47.8 Å². The lowest BCUT2D eigenvalue weighted by atomic mass is 10.1. The molecule has 0 radical (unpaired) electrons. The number of nitrogens with one attached hydrogen (secondary N) is 3. The standard InChI is InChI=1S/C29H28N14O/c30-26(34-12-14-43-13-11-32-17-43)41-28-36-20-7-3-1-5-18(20)22(38-28)9-10-23-19-6-2-4-8-21(19)37-29(39-23)42-27(31)40-25(44)24-15-33-16-35-24/h1-8,11,13,15-17H,9-10,12,14H2,(H,33,35)(H3,30,34,36,38,41)(H3,31,37,39,40,42,44). The van der Waals surface area contributed by atoms with Gasteiger partial charge in [-0.05, 0) is 25.0 Å². The third kappa shape index (κ3) is 6.62. The smallest absolute Gasteiger partial charge is 0.276 e. The van der Waals surface area contributed by atoms with Crippen LogP contribution in [0.4, 0.5) is 11.9 Å². The Kier molecular flexibility index (Phi) is 8.07. The molecule has 220 valence electrons. The van der Waals surface area contributed by atoms with Crippen LogP contribution in [0.5, 0.6) is 0 Å². The highest BCUT2D eigenvalue weighted by Gasteiger charge is 2.13. The van der Waals surface area contributed by atoms with E-state index >= 15 is 0 Å². The molecule has 0 atom stereocenters. The van der Waals surface area contributed by atoms with Crippen molar-refractivity contribution in [3.8, 4) is 0 Å². The lowest BCUT2D eigenvalue weighted by Gasteiger charge is -2.11. The van der Waals surface area contributed by atoms with E-state index in [-0.39, 0.29) is 23.6 Å². The van der Waals surface area contributed by atoms with Crippen LogP contribution in [0.2, 0.25) is 0 Å². The number of aliphatic imine (C=N–C) groups is 2. The van der Waals surface area contributed by atoms with Crippen molar-refractivity contribution < 1.29 is 4.79 Å². The van der Waals surface area contributed by atoms with E-state index in [0.29, 0.717) is 37.4 Å². The second kappa shape index (κ2) is 12.7. The molecule has 4 heterocycles. The number of nitrogens with zero attached hydrogens (tertiary/aromatic N) is 9. The zero-order valence-corrected chi connectivity index (χ0v) is 23.4. The SMILES string of the molecule is NC(=NCCn1ccnc1)Nc1nc(CCc2nc(/N=C(\N)NC(=O)c3cnc[nH]3)nc3ccccc23)c2ccccc2n1. The van der Waals surface area contributed by atoms with Crippen molar-refractivity contribution in [2.24, 2.45) is 21.5 Å². The van der Waals surface area contributed by atoms with Gasteiger partial charge in [-0.15, -0.1) is 0 Å². The number of hydrogen-bond acceptors (Lipinski definition) is 9. The number of nitrogens with two attached hydrogens (primary N) is 2. The summed E-state index contributed by atoms with van der Waals surface area (Å²) in [4.78, 5) is 50.1. The summed E-state index contributed by atoms with van der Waals surface area (Å²) in [5.41, 5.74) is 15.4. The summed E-state index contributed by atoms with van der Waals surface area (Å²) >= 11 is 0. The van der Waals surface area contributed by atoms with Gasteiger partial charge in [0.25, 0.3) is 11.9 Å². The van der Waals surface area contributed by atoms with Gasteiger partial charge in [0.2, 0.25) is 11.9 Å². The first-order chi connectivity index (χ1) is 21.5. The maximum absolute atomic E-state index is 12.3. The largest absolute Gasteiger partial charge is 0.370 e. The molecule has 0 aliphatic heterocycles. The van der Waals surface area contributed by atoms with E-state index in [9.17, 15) is 4.79 Å². The van der Waals surface area contributed by atoms with Crippen molar-refractivity contribution in [1.29, 1.82) is 0 Å². The zero-order chi connectivity index (χ0) is 30.3. The van der Waals surface area contributed by atoms with Gasteiger partial charge in [-0.3, -0.25) is 20.4 Å². The molecule has 0 spiro atoms. The first kappa shape index (κ1) is 27.9. The van der Waals surface area contributed by atoms with Gasteiger partial charge in [-0.2, -0.15) is 4.99 Å². The number of carbonyl (C=O) groups excluding carboxylic acids is 1. The number of guanidine groups is 2. The second-order valence-corrected chi connectivity index (χ2v) is 9.61. The maximum Gasteiger partial charge on any atom is 0.276 e. The van der Waals surface area contributed by atoms with Gasteiger partial charge in [0, 0.05) is 29.7 Å². The number of aromatic amines is 1. The van der Waals surface area contributed by atoms with Crippen LogP contribution in [0, 0.1) is 0 Å². The first-order valence-electron chi connectivity index (χ1n) is 13.7. The van der Waals surface area contributed by atoms with Crippen molar-refractivity contribution >= 4 is 51.5 Å². The highest BCUT2D eigenvalue weighted by Crippen LogP contribution is 2.23. The first-order valence-corrected chi connectivity index (χ1v) is 13.7. The number of carbonyl (C=O) groups is 1. The number of aromatic nitrogens is 8. The number of anilines is 1. The van der Waals surface area contributed by atoms with Gasteiger partial charge in [0.1, 0.15) is 5.69 Å². The lowest BCUT2D eigenvalue weighted by molar-refractivity contribution is 0.0972. The minimum absolute atomic E-state index is 0.121. The van der Waals surface area contributed by atoms with Crippen molar-refractivity contribution in [3.05, 3.63) is 96.9 Å². The number of aryl methyl sites for hydroxylation is 2. The molecule has 2 aromatic carbocycles. The summed E-state index contributed by atoms with van der Waals surface area (Å²) < 4.78 is 1.92. The molecule has 0 aliphatic rings.